The topological polar surface area (TPSA) is 67.9 Å². The van der Waals surface area contributed by atoms with Crippen LogP contribution >= 0.6 is 0 Å². The third-order valence-corrected chi connectivity index (χ3v) is 5.08. The van der Waals surface area contributed by atoms with Gasteiger partial charge < -0.3 is 19.7 Å². The maximum Gasteiger partial charge on any atom is 0.254 e. The maximum atomic E-state index is 12.5. The number of benzene rings is 2. The lowest BCUT2D eigenvalue weighted by atomic mass is 9.97. The van der Waals surface area contributed by atoms with E-state index in [2.05, 4.69) is 31.3 Å². The lowest BCUT2D eigenvalue weighted by molar-refractivity contribution is -0.0693. The number of amides is 1. The highest BCUT2D eigenvalue weighted by Gasteiger charge is 2.16. The number of hydrogen-bond acceptors (Lipinski definition) is 5. The zero-order chi connectivity index (χ0) is 22.8. The van der Waals surface area contributed by atoms with Crippen molar-refractivity contribution in [3.8, 4) is 5.75 Å². The molecular formula is C25H34N2O4. The molecule has 6 nitrogen and oxygen atoms in total. The van der Waals surface area contributed by atoms with Crippen molar-refractivity contribution in [1.29, 1.82) is 0 Å². The summed E-state index contributed by atoms with van der Waals surface area (Å²) in [7, 11) is 3.67. The van der Waals surface area contributed by atoms with Gasteiger partial charge in [-0.3, -0.25) is 9.59 Å². The van der Waals surface area contributed by atoms with Crippen molar-refractivity contribution in [2.45, 2.75) is 39.5 Å². The molecule has 0 aliphatic heterocycles. The van der Waals surface area contributed by atoms with E-state index in [4.69, 9.17) is 9.47 Å². The van der Waals surface area contributed by atoms with Crippen LogP contribution in [0.5, 0.6) is 5.75 Å². The van der Waals surface area contributed by atoms with Crippen LogP contribution in [0.25, 0.3) is 0 Å². The molecule has 0 aromatic heterocycles. The van der Waals surface area contributed by atoms with Crippen LogP contribution < -0.4 is 10.1 Å². The molecule has 0 saturated carbocycles. The molecule has 31 heavy (non-hydrogen) atoms. The van der Waals surface area contributed by atoms with Crippen molar-refractivity contribution in [3.05, 3.63) is 65.2 Å². The largest absolute Gasteiger partial charge is 0.465 e. The van der Waals surface area contributed by atoms with E-state index in [0.717, 1.165) is 12.2 Å². The van der Waals surface area contributed by atoms with Crippen molar-refractivity contribution in [3.63, 3.8) is 0 Å². The SMILES string of the molecule is CNC(CC(C)C)c1ccc(OC(C)OCCN(C)C(=O)c2ccccc2C=O)cc1. The summed E-state index contributed by atoms with van der Waals surface area (Å²) in [5.41, 5.74) is 2.00. The molecule has 2 aromatic rings. The Balaban J connectivity index is 1.81. The van der Waals surface area contributed by atoms with Gasteiger partial charge in [0.05, 0.1) is 12.2 Å². The lowest BCUT2D eigenvalue weighted by Crippen LogP contribution is -2.32. The first-order valence-electron chi connectivity index (χ1n) is 10.7. The maximum absolute atomic E-state index is 12.5. The van der Waals surface area contributed by atoms with Gasteiger partial charge in [-0.25, -0.2) is 0 Å². The summed E-state index contributed by atoms with van der Waals surface area (Å²) in [4.78, 5) is 25.2. The zero-order valence-electron chi connectivity index (χ0n) is 19.1. The minimum absolute atomic E-state index is 0.212. The molecule has 2 aromatic carbocycles. The fourth-order valence-corrected chi connectivity index (χ4v) is 3.35. The minimum Gasteiger partial charge on any atom is -0.465 e. The molecule has 2 unspecified atom stereocenters. The summed E-state index contributed by atoms with van der Waals surface area (Å²) >= 11 is 0. The second-order valence-corrected chi connectivity index (χ2v) is 8.03. The lowest BCUT2D eigenvalue weighted by Gasteiger charge is -2.21. The van der Waals surface area contributed by atoms with Crippen LogP contribution in [0, 0.1) is 5.92 Å². The standard InChI is InChI=1S/C25H34N2O4/c1-18(2)16-24(26-4)20-10-12-22(13-11-20)31-19(3)30-15-14-27(5)25(29)23-9-7-6-8-21(23)17-28/h6-13,17-19,24,26H,14-16H2,1-5H3. The number of nitrogens with one attached hydrogen (secondary N) is 1. The van der Waals surface area contributed by atoms with E-state index >= 15 is 0 Å². The van der Waals surface area contributed by atoms with Gasteiger partial charge in [0.2, 0.25) is 0 Å². The van der Waals surface area contributed by atoms with Crippen LogP contribution in [-0.4, -0.2) is 50.6 Å². The summed E-state index contributed by atoms with van der Waals surface area (Å²) in [6.07, 6.45) is 1.31. The number of carbonyl (C=O) groups excluding carboxylic acids is 2. The molecule has 6 heteroatoms. The molecule has 2 rings (SSSR count). The second kappa shape index (κ2) is 12.2. The third kappa shape index (κ3) is 7.49. The normalized spacial score (nSPS) is 13.0. The predicted octanol–water partition coefficient (Wildman–Crippen LogP) is 4.32. The number of rotatable bonds is 12. The van der Waals surface area contributed by atoms with Gasteiger partial charge in [-0.15, -0.1) is 0 Å². The molecule has 0 heterocycles. The fourth-order valence-electron chi connectivity index (χ4n) is 3.35. The Hall–Kier alpha value is -2.70. The number of ether oxygens (including phenoxy) is 2. The van der Waals surface area contributed by atoms with E-state index in [1.54, 1.807) is 31.3 Å². The van der Waals surface area contributed by atoms with Gasteiger partial charge in [-0.05, 0) is 50.1 Å². The Bertz CT molecular complexity index is 836. The molecule has 0 radical (unpaired) electrons. The summed E-state index contributed by atoms with van der Waals surface area (Å²) in [5.74, 6) is 1.13. The van der Waals surface area contributed by atoms with Gasteiger partial charge in [0, 0.05) is 25.2 Å². The summed E-state index contributed by atoms with van der Waals surface area (Å²) in [6.45, 7) is 6.96. The van der Waals surface area contributed by atoms with Crippen LogP contribution in [0.4, 0.5) is 0 Å². The molecule has 2 atom stereocenters. The van der Waals surface area contributed by atoms with Gasteiger partial charge in [0.15, 0.2) is 12.6 Å². The van der Waals surface area contributed by atoms with Gasteiger partial charge >= 0.3 is 0 Å². The second-order valence-electron chi connectivity index (χ2n) is 8.03. The summed E-state index contributed by atoms with van der Waals surface area (Å²) in [6, 6.07) is 15.1. The fraction of sp³-hybridized carbons (Fsp3) is 0.440. The van der Waals surface area contributed by atoms with E-state index in [1.807, 2.05) is 26.1 Å². The van der Waals surface area contributed by atoms with Crippen molar-refractivity contribution >= 4 is 12.2 Å². The van der Waals surface area contributed by atoms with Crippen LogP contribution in [0.2, 0.25) is 0 Å². The van der Waals surface area contributed by atoms with E-state index in [9.17, 15) is 9.59 Å². The first kappa shape index (κ1) is 24.6. The molecule has 0 spiro atoms. The van der Waals surface area contributed by atoms with Gasteiger partial charge in [-0.1, -0.05) is 44.2 Å². The van der Waals surface area contributed by atoms with Crippen LogP contribution in [0.15, 0.2) is 48.5 Å². The molecule has 0 aliphatic carbocycles. The van der Waals surface area contributed by atoms with E-state index in [0.29, 0.717) is 42.5 Å². The molecule has 0 aliphatic rings. The average Bonchev–Trinajstić information content (AvgIpc) is 2.77. The molecule has 0 fully saturated rings. The Kier molecular flexibility index (Phi) is 9.69. The summed E-state index contributed by atoms with van der Waals surface area (Å²) in [5, 5.41) is 3.36. The zero-order valence-corrected chi connectivity index (χ0v) is 19.1. The Morgan fingerprint density at radius 2 is 1.77 bits per heavy atom. The predicted molar refractivity (Wildman–Crippen MR) is 123 cm³/mol. The van der Waals surface area contributed by atoms with Gasteiger partial charge in [0.1, 0.15) is 5.75 Å². The van der Waals surface area contributed by atoms with E-state index < -0.39 is 6.29 Å². The van der Waals surface area contributed by atoms with Crippen LogP contribution in [-0.2, 0) is 4.74 Å². The smallest absolute Gasteiger partial charge is 0.254 e. The van der Waals surface area contributed by atoms with Crippen molar-refractivity contribution in [2.75, 3.05) is 27.2 Å². The highest BCUT2D eigenvalue weighted by atomic mass is 16.7. The van der Waals surface area contributed by atoms with Gasteiger partial charge in [-0.2, -0.15) is 0 Å². The van der Waals surface area contributed by atoms with E-state index in [-0.39, 0.29) is 5.91 Å². The molecule has 1 N–H and O–H groups in total. The highest BCUT2D eigenvalue weighted by molar-refractivity contribution is 6.01. The van der Waals surface area contributed by atoms with Gasteiger partial charge in [0.25, 0.3) is 5.91 Å². The first-order valence-corrected chi connectivity index (χ1v) is 10.7. The van der Waals surface area contributed by atoms with Crippen LogP contribution in [0.1, 0.15) is 59.5 Å². The van der Waals surface area contributed by atoms with Crippen molar-refractivity contribution in [2.24, 2.45) is 5.92 Å². The number of aldehydes is 1. The van der Waals surface area contributed by atoms with Crippen molar-refractivity contribution in [1.82, 2.24) is 10.2 Å². The molecule has 0 saturated heterocycles. The molecule has 0 bridgehead atoms. The quantitative estimate of drug-likeness (QED) is 0.404. The number of hydrogen-bond donors (Lipinski definition) is 1. The Morgan fingerprint density at radius 1 is 1.10 bits per heavy atom. The third-order valence-electron chi connectivity index (χ3n) is 5.08. The van der Waals surface area contributed by atoms with Crippen LogP contribution in [0.3, 0.4) is 0 Å². The molecule has 168 valence electrons. The van der Waals surface area contributed by atoms with E-state index in [1.165, 1.54) is 10.5 Å². The molecular weight excluding hydrogens is 392 g/mol. The minimum atomic E-state index is -0.452. The Morgan fingerprint density at radius 3 is 2.39 bits per heavy atom. The number of carbonyl (C=O) groups is 2. The number of nitrogens with zero attached hydrogens (tertiary/aromatic N) is 1. The molecule has 1 amide bonds. The monoisotopic (exact) mass is 426 g/mol. The summed E-state index contributed by atoms with van der Waals surface area (Å²) < 4.78 is 11.5. The number of likely N-dealkylation sites (N-methyl/N-ethyl adjacent to an activating group) is 1. The van der Waals surface area contributed by atoms with Crippen molar-refractivity contribution < 1.29 is 19.1 Å². The first-order chi connectivity index (χ1) is 14.8. The highest BCUT2D eigenvalue weighted by Crippen LogP contribution is 2.23. The Labute approximate surface area is 185 Å². The average molecular weight is 427 g/mol.